The van der Waals surface area contributed by atoms with Crippen molar-refractivity contribution in [2.45, 2.75) is 34.1 Å². The van der Waals surface area contributed by atoms with Gasteiger partial charge in [0.15, 0.2) is 0 Å². The zero-order valence-corrected chi connectivity index (χ0v) is 12.1. The van der Waals surface area contributed by atoms with E-state index in [0.29, 0.717) is 12.2 Å². The van der Waals surface area contributed by atoms with E-state index in [9.17, 15) is 9.59 Å². The first kappa shape index (κ1) is 15.4. The van der Waals surface area contributed by atoms with E-state index >= 15 is 0 Å². The monoisotopic (exact) mass is 262 g/mol. The standard InChI is InChI=1S/C16H22O3/c1-11(2)10-14(17)15(12(3)4)16(18)19-13-8-6-5-7-9-13/h5-9,11-12,15H,10H2,1-4H3. The molecule has 1 atom stereocenters. The Morgan fingerprint density at radius 3 is 2.11 bits per heavy atom. The number of para-hydroxylation sites is 1. The van der Waals surface area contributed by atoms with Gasteiger partial charge in [-0.15, -0.1) is 0 Å². The third-order valence-electron chi connectivity index (χ3n) is 2.84. The average Bonchev–Trinajstić information content (AvgIpc) is 2.28. The van der Waals surface area contributed by atoms with Gasteiger partial charge in [0, 0.05) is 6.42 Å². The molecule has 0 saturated carbocycles. The molecule has 104 valence electrons. The van der Waals surface area contributed by atoms with Crippen LogP contribution in [-0.2, 0) is 9.59 Å². The van der Waals surface area contributed by atoms with E-state index in [1.165, 1.54) is 0 Å². The van der Waals surface area contributed by atoms with Gasteiger partial charge in [0.25, 0.3) is 0 Å². The van der Waals surface area contributed by atoms with Gasteiger partial charge in [-0.25, -0.2) is 0 Å². The van der Waals surface area contributed by atoms with Crippen molar-refractivity contribution in [3.05, 3.63) is 30.3 Å². The average molecular weight is 262 g/mol. The first-order valence-electron chi connectivity index (χ1n) is 6.71. The maximum absolute atomic E-state index is 12.1. The predicted molar refractivity (Wildman–Crippen MR) is 74.9 cm³/mol. The molecule has 3 heteroatoms. The quantitative estimate of drug-likeness (QED) is 0.448. The number of benzene rings is 1. The van der Waals surface area contributed by atoms with E-state index in [4.69, 9.17) is 4.74 Å². The van der Waals surface area contributed by atoms with Gasteiger partial charge in [0.2, 0.25) is 0 Å². The normalized spacial score (nSPS) is 12.5. The Morgan fingerprint density at radius 1 is 1.05 bits per heavy atom. The topological polar surface area (TPSA) is 43.4 Å². The molecule has 0 fully saturated rings. The molecule has 0 aliphatic rings. The van der Waals surface area contributed by atoms with Gasteiger partial charge < -0.3 is 4.74 Å². The second kappa shape index (κ2) is 7.07. The molecule has 0 aliphatic heterocycles. The number of ether oxygens (including phenoxy) is 1. The second-order valence-electron chi connectivity index (χ2n) is 5.52. The summed E-state index contributed by atoms with van der Waals surface area (Å²) in [5, 5.41) is 0. The first-order valence-corrected chi connectivity index (χ1v) is 6.71. The number of hydrogen-bond donors (Lipinski definition) is 0. The van der Waals surface area contributed by atoms with Gasteiger partial charge in [0.05, 0.1) is 0 Å². The molecule has 19 heavy (non-hydrogen) atoms. The van der Waals surface area contributed by atoms with Crippen LogP contribution in [0.1, 0.15) is 34.1 Å². The van der Waals surface area contributed by atoms with Crippen LogP contribution in [-0.4, -0.2) is 11.8 Å². The van der Waals surface area contributed by atoms with Crippen LogP contribution in [0.15, 0.2) is 30.3 Å². The molecule has 0 amide bonds. The number of esters is 1. The maximum Gasteiger partial charge on any atom is 0.322 e. The number of ketones is 1. The number of carbonyl (C=O) groups is 2. The molecule has 0 aromatic heterocycles. The molecule has 1 unspecified atom stereocenters. The SMILES string of the molecule is CC(C)CC(=O)C(C(=O)Oc1ccccc1)C(C)C. The summed E-state index contributed by atoms with van der Waals surface area (Å²) in [5.41, 5.74) is 0. The van der Waals surface area contributed by atoms with Crippen molar-refractivity contribution in [3.8, 4) is 5.75 Å². The summed E-state index contributed by atoms with van der Waals surface area (Å²) in [6.07, 6.45) is 0.409. The zero-order chi connectivity index (χ0) is 14.4. The van der Waals surface area contributed by atoms with E-state index in [0.717, 1.165) is 0 Å². The fourth-order valence-electron chi connectivity index (χ4n) is 1.97. The summed E-state index contributed by atoms with van der Waals surface area (Å²) < 4.78 is 5.28. The Bertz CT molecular complexity index is 421. The van der Waals surface area contributed by atoms with Crippen molar-refractivity contribution in [1.82, 2.24) is 0 Å². The van der Waals surface area contributed by atoms with Crippen molar-refractivity contribution in [3.63, 3.8) is 0 Å². The summed E-state index contributed by atoms with van der Waals surface area (Å²) >= 11 is 0. The summed E-state index contributed by atoms with van der Waals surface area (Å²) in [6.45, 7) is 7.68. The molecule has 3 nitrogen and oxygen atoms in total. The highest BCUT2D eigenvalue weighted by Crippen LogP contribution is 2.20. The molecule has 1 rings (SSSR count). The minimum absolute atomic E-state index is 0.0362. The molecule has 1 aromatic carbocycles. The van der Waals surface area contributed by atoms with Gasteiger partial charge in [0.1, 0.15) is 17.5 Å². The highest BCUT2D eigenvalue weighted by molar-refractivity contribution is 6.00. The van der Waals surface area contributed by atoms with Crippen LogP contribution in [0.5, 0.6) is 5.75 Å². The van der Waals surface area contributed by atoms with E-state index in [-0.39, 0.29) is 17.6 Å². The van der Waals surface area contributed by atoms with Gasteiger partial charge in [-0.1, -0.05) is 45.9 Å². The summed E-state index contributed by atoms with van der Waals surface area (Å²) in [6, 6.07) is 8.86. The van der Waals surface area contributed by atoms with Gasteiger partial charge in [-0.3, -0.25) is 9.59 Å². The molecule has 0 spiro atoms. The fourth-order valence-corrected chi connectivity index (χ4v) is 1.97. The van der Waals surface area contributed by atoms with Crippen molar-refractivity contribution in [2.75, 3.05) is 0 Å². The number of hydrogen-bond acceptors (Lipinski definition) is 3. The smallest absolute Gasteiger partial charge is 0.322 e. The Kier molecular flexibility index (Phi) is 5.74. The van der Waals surface area contributed by atoms with Gasteiger partial charge in [-0.2, -0.15) is 0 Å². The van der Waals surface area contributed by atoms with Crippen LogP contribution >= 0.6 is 0 Å². The molecular weight excluding hydrogens is 240 g/mol. The van der Waals surface area contributed by atoms with Crippen molar-refractivity contribution in [1.29, 1.82) is 0 Å². The second-order valence-corrected chi connectivity index (χ2v) is 5.52. The van der Waals surface area contributed by atoms with Crippen LogP contribution in [0.3, 0.4) is 0 Å². The fraction of sp³-hybridized carbons (Fsp3) is 0.500. The Hall–Kier alpha value is -1.64. The minimum atomic E-state index is -0.678. The summed E-state index contributed by atoms with van der Waals surface area (Å²) in [7, 11) is 0. The summed E-state index contributed by atoms with van der Waals surface area (Å²) in [5.74, 6) is -0.489. The summed E-state index contributed by atoms with van der Waals surface area (Å²) in [4.78, 5) is 24.3. The van der Waals surface area contributed by atoms with Crippen LogP contribution in [0, 0.1) is 17.8 Å². The molecule has 0 N–H and O–H groups in total. The molecule has 0 heterocycles. The first-order chi connectivity index (χ1) is 8.91. The lowest BCUT2D eigenvalue weighted by Crippen LogP contribution is -2.33. The number of carbonyl (C=O) groups excluding carboxylic acids is 2. The lowest BCUT2D eigenvalue weighted by atomic mass is 9.87. The van der Waals surface area contributed by atoms with Crippen LogP contribution in [0.4, 0.5) is 0 Å². The lowest BCUT2D eigenvalue weighted by Gasteiger charge is -2.19. The maximum atomic E-state index is 12.1. The zero-order valence-electron chi connectivity index (χ0n) is 12.1. The molecule has 1 aromatic rings. The third kappa shape index (κ3) is 4.86. The van der Waals surface area contributed by atoms with Crippen LogP contribution in [0.2, 0.25) is 0 Å². The lowest BCUT2D eigenvalue weighted by molar-refractivity contribution is -0.146. The molecular formula is C16H22O3. The molecule has 0 radical (unpaired) electrons. The van der Waals surface area contributed by atoms with Crippen LogP contribution < -0.4 is 4.74 Å². The van der Waals surface area contributed by atoms with E-state index in [1.54, 1.807) is 24.3 Å². The molecule has 0 bridgehead atoms. The highest BCUT2D eigenvalue weighted by Gasteiger charge is 2.31. The van der Waals surface area contributed by atoms with Gasteiger partial charge in [-0.05, 0) is 24.0 Å². The van der Waals surface area contributed by atoms with Crippen molar-refractivity contribution < 1.29 is 14.3 Å². The number of Topliss-reactive ketones (excluding diaryl/α,β-unsaturated/α-hetero) is 1. The Morgan fingerprint density at radius 2 is 1.63 bits per heavy atom. The Balaban J connectivity index is 2.76. The van der Waals surface area contributed by atoms with Gasteiger partial charge >= 0.3 is 5.97 Å². The third-order valence-corrected chi connectivity index (χ3v) is 2.84. The van der Waals surface area contributed by atoms with Crippen molar-refractivity contribution in [2.24, 2.45) is 17.8 Å². The predicted octanol–water partition coefficient (Wildman–Crippen LogP) is 3.48. The minimum Gasteiger partial charge on any atom is -0.426 e. The highest BCUT2D eigenvalue weighted by atomic mass is 16.5. The van der Waals surface area contributed by atoms with E-state index in [1.807, 2.05) is 33.8 Å². The molecule has 0 aliphatic carbocycles. The van der Waals surface area contributed by atoms with Crippen LogP contribution in [0.25, 0.3) is 0 Å². The largest absolute Gasteiger partial charge is 0.426 e. The van der Waals surface area contributed by atoms with E-state index < -0.39 is 11.9 Å². The van der Waals surface area contributed by atoms with E-state index in [2.05, 4.69) is 0 Å². The number of rotatable bonds is 6. The van der Waals surface area contributed by atoms with Crippen molar-refractivity contribution >= 4 is 11.8 Å². The Labute approximate surface area is 115 Å². The molecule has 0 saturated heterocycles.